The smallest absolute Gasteiger partial charge is 0.320 e. The highest BCUT2D eigenvalue weighted by molar-refractivity contribution is 5.73. The molecule has 1 aromatic carbocycles. The van der Waals surface area contributed by atoms with Crippen LogP contribution in [0.3, 0.4) is 0 Å². The minimum Gasteiger partial charge on any atom is -0.492 e. The van der Waals surface area contributed by atoms with Crippen LogP contribution in [0.2, 0.25) is 0 Å². The van der Waals surface area contributed by atoms with E-state index in [9.17, 15) is 9.90 Å². The van der Waals surface area contributed by atoms with Crippen molar-refractivity contribution in [3.63, 3.8) is 0 Å². The van der Waals surface area contributed by atoms with Crippen LogP contribution in [0, 0.1) is 0 Å². The van der Waals surface area contributed by atoms with E-state index in [2.05, 4.69) is 4.90 Å². The summed E-state index contributed by atoms with van der Waals surface area (Å²) in [7, 11) is 0. The third-order valence-corrected chi connectivity index (χ3v) is 4.71. The van der Waals surface area contributed by atoms with Gasteiger partial charge < -0.3 is 14.6 Å². The van der Waals surface area contributed by atoms with Crippen molar-refractivity contribution in [3.8, 4) is 5.75 Å². The number of nitrogens with zero attached hydrogens (tertiary/aromatic N) is 2. The molecule has 0 aromatic heterocycles. The first-order valence-corrected chi connectivity index (χ1v) is 8.71. The zero-order valence-corrected chi connectivity index (χ0v) is 14.0. The number of carbonyl (C=O) groups is 1. The fourth-order valence-electron chi connectivity index (χ4n) is 3.38. The van der Waals surface area contributed by atoms with Gasteiger partial charge in [0.2, 0.25) is 0 Å². The topological polar surface area (TPSA) is 62.2 Å². The van der Waals surface area contributed by atoms with Crippen LogP contribution in [0.4, 0.5) is 0 Å². The van der Waals surface area contributed by atoms with Gasteiger partial charge in [0.25, 0.3) is 0 Å². The molecule has 6 heteroatoms. The lowest BCUT2D eigenvalue weighted by Crippen LogP contribution is -2.38. The van der Waals surface area contributed by atoms with Crippen LogP contribution in [0.5, 0.6) is 5.75 Å². The van der Waals surface area contributed by atoms with Crippen molar-refractivity contribution < 1.29 is 19.4 Å². The molecule has 0 radical (unpaired) electrons. The van der Waals surface area contributed by atoms with Gasteiger partial charge in [-0.15, -0.1) is 0 Å². The molecular weight excluding hydrogens is 308 g/mol. The molecule has 0 saturated carbocycles. The molecule has 2 heterocycles. The summed E-state index contributed by atoms with van der Waals surface area (Å²) in [6.07, 6.45) is 1.69. The fourth-order valence-corrected chi connectivity index (χ4v) is 3.38. The van der Waals surface area contributed by atoms with Crippen molar-refractivity contribution in [1.29, 1.82) is 0 Å². The van der Waals surface area contributed by atoms with Gasteiger partial charge in [-0.05, 0) is 37.1 Å². The van der Waals surface area contributed by atoms with E-state index in [0.717, 1.165) is 63.5 Å². The molecule has 24 heavy (non-hydrogen) atoms. The Kier molecular flexibility index (Phi) is 6.07. The summed E-state index contributed by atoms with van der Waals surface area (Å²) in [5.74, 6) is 0.136. The Balaban J connectivity index is 1.49. The van der Waals surface area contributed by atoms with E-state index < -0.39 is 5.97 Å². The van der Waals surface area contributed by atoms with Crippen LogP contribution in [0.15, 0.2) is 24.3 Å². The zero-order chi connectivity index (χ0) is 16.8. The molecule has 132 valence electrons. The summed E-state index contributed by atoms with van der Waals surface area (Å²) >= 11 is 0. The largest absolute Gasteiger partial charge is 0.492 e. The van der Waals surface area contributed by atoms with E-state index in [0.29, 0.717) is 13.2 Å². The van der Waals surface area contributed by atoms with Crippen molar-refractivity contribution in [2.75, 3.05) is 46.0 Å². The summed E-state index contributed by atoms with van der Waals surface area (Å²) in [6.45, 7) is 6.61. The number of ether oxygens (including phenoxy) is 2. The van der Waals surface area contributed by atoms with Crippen LogP contribution in [0.1, 0.15) is 18.4 Å². The molecule has 2 saturated heterocycles. The average Bonchev–Trinajstić information content (AvgIpc) is 3.05. The summed E-state index contributed by atoms with van der Waals surface area (Å²) in [6, 6.07) is 7.64. The van der Waals surface area contributed by atoms with E-state index >= 15 is 0 Å². The Morgan fingerprint density at radius 3 is 2.92 bits per heavy atom. The predicted molar refractivity (Wildman–Crippen MR) is 90.3 cm³/mol. The first kappa shape index (κ1) is 17.2. The molecule has 6 nitrogen and oxygen atoms in total. The molecule has 2 aliphatic heterocycles. The average molecular weight is 334 g/mol. The lowest BCUT2D eigenvalue weighted by Gasteiger charge is -2.26. The van der Waals surface area contributed by atoms with Crippen LogP contribution in [0.25, 0.3) is 0 Å². The molecule has 3 rings (SSSR count). The Morgan fingerprint density at radius 2 is 2.12 bits per heavy atom. The van der Waals surface area contributed by atoms with Gasteiger partial charge in [-0.2, -0.15) is 0 Å². The van der Waals surface area contributed by atoms with Gasteiger partial charge in [0.15, 0.2) is 0 Å². The van der Waals surface area contributed by atoms with Crippen molar-refractivity contribution in [2.24, 2.45) is 0 Å². The van der Waals surface area contributed by atoms with E-state index in [1.165, 1.54) is 0 Å². The van der Waals surface area contributed by atoms with Crippen LogP contribution in [-0.2, 0) is 16.1 Å². The van der Waals surface area contributed by atoms with E-state index in [-0.39, 0.29) is 6.04 Å². The Bertz CT molecular complexity index is 546. The van der Waals surface area contributed by atoms with Crippen LogP contribution < -0.4 is 4.74 Å². The summed E-state index contributed by atoms with van der Waals surface area (Å²) in [5, 5.41) is 9.28. The maximum atomic E-state index is 11.3. The Morgan fingerprint density at radius 1 is 1.29 bits per heavy atom. The number of morpholine rings is 1. The molecule has 1 aromatic rings. The lowest BCUT2D eigenvalue weighted by molar-refractivity contribution is -0.142. The summed E-state index contributed by atoms with van der Waals surface area (Å²) < 4.78 is 11.2. The number of rotatable bonds is 7. The van der Waals surface area contributed by atoms with Gasteiger partial charge in [-0.25, -0.2) is 0 Å². The number of aliphatic carboxylic acids is 1. The van der Waals surface area contributed by atoms with Crippen molar-refractivity contribution in [3.05, 3.63) is 29.8 Å². The maximum Gasteiger partial charge on any atom is 0.320 e. The molecular formula is C18H26N2O4. The molecule has 2 fully saturated rings. The van der Waals surface area contributed by atoms with Crippen LogP contribution >= 0.6 is 0 Å². The number of carboxylic acids is 1. The van der Waals surface area contributed by atoms with Gasteiger partial charge >= 0.3 is 5.97 Å². The standard InChI is InChI=1S/C18H26N2O4/c21-18(22)17-5-2-6-20(17)14-15-3-1-4-16(13-15)24-12-9-19-7-10-23-11-8-19/h1,3-4,13,17H,2,5-12,14H2,(H,21,22). The quantitative estimate of drug-likeness (QED) is 0.814. The van der Waals surface area contributed by atoms with Gasteiger partial charge in [0, 0.05) is 26.2 Å². The van der Waals surface area contributed by atoms with Crippen LogP contribution in [-0.4, -0.2) is 72.9 Å². The minimum atomic E-state index is -0.717. The second kappa shape index (κ2) is 8.46. The highest BCUT2D eigenvalue weighted by Crippen LogP contribution is 2.22. The van der Waals surface area contributed by atoms with Gasteiger partial charge in [-0.1, -0.05) is 12.1 Å². The minimum absolute atomic E-state index is 0.351. The van der Waals surface area contributed by atoms with Gasteiger partial charge in [0.05, 0.1) is 13.2 Å². The third kappa shape index (κ3) is 4.69. The highest BCUT2D eigenvalue weighted by atomic mass is 16.5. The number of likely N-dealkylation sites (tertiary alicyclic amines) is 1. The van der Waals surface area contributed by atoms with Gasteiger partial charge in [-0.3, -0.25) is 14.6 Å². The van der Waals surface area contributed by atoms with Gasteiger partial charge in [0.1, 0.15) is 18.4 Å². The molecule has 2 aliphatic rings. The zero-order valence-electron chi connectivity index (χ0n) is 14.0. The normalized spacial score (nSPS) is 22.6. The monoisotopic (exact) mass is 334 g/mol. The number of hydrogen-bond donors (Lipinski definition) is 1. The molecule has 1 atom stereocenters. The third-order valence-electron chi connectivity index (χ3n) is 4.71. The number of benzene rings is 1. The SMILES string of the molecule is O=C(O)C1CCCN1Cc1cccc(OCCN2CCOCC2)c1. The first-order valence-electron chi connectivity index (χ1n) is 8.71. The highest BCUT2D eigenvalue weighted by Gasteiger charge is 2.30. The van der Waals surface area contributed by atoms with E-state index in [1.807, 2.05) is 29.2 Å². The molecule has 0 amide bonds. The number of carboxylic acid groups (broad SMARTS) is 1. The summed E-state index contributed by atoms with van der Waals surface area (Å²) in [4.78, 5) is 15.7. The summed E-state index contributed by atoms with van der Waals surface area (Å²) in [5.41, 5.74) is 1.10. The Hall–Kier alpha value is -1.63. The first-order chi connectivity index (χ1) is 11.7. The maximum absolute atomic E-state index is 11.3. The van der Waals surface area contributed by atoms with Crippen molar-refractivity contribution in [2.45, 2.75) is 25.4 Å². The Labute approximate surface area is 143 Å². The molecule has 0 spiro atoms. The van der Waals surface area contributed by atoms with Crippen molar-refractivity contribution >= 4 is 5.97 Å². The molecule has 0 aliphatic carbocycles. The second-order valence-electron chi connectivity index (χ2n) is 6.42. The second-order valence-corrected chi connectivity index (χ2v) is 6.42. The molecule has 1 N–H and O–H groups in total. The molecule has 0 bridgehead atoms. The van der Waals surface area contributed by atoms with E-state index in [1.54, 1.807) is 0 Å². The molecule has 1 unspecified atom stereocenters. The van der Waals surface area contributed by atoms with E-state index in [4.69, 9.17) is 9.47 Å². The van der Waals surface area contributed by atoms with Crippen molar-refractivity contribution in [1.82, 2.24) is 9.80 Å². The fraction of sp³-hybridized carbons (Fsp3) is 0.611. The number of hydrogen-bond acceptors (Lipinski definition) is 5. The lowest BCUT2D eigenvalue weighted by atomic mass is 10.1. The predicted octanol–water partition coefficient (Wildman–Crippen LogP) is 1.45.